The van der Waals surface area contributed by atoms with Crippen LogP contribution in [0.5, 0.6) is 0 Å². The molecule has 0 N–H and O–H groups in total. The van der Waals surface area contributed by atoms with E-state index in [0.29, 0.717) is 18.2 Å². The molecular weight excluding hydrogens is 316 g/mol. The van der Waals surface area contributed by atoms with E-state index < -0.39 is 0 Å². The number of rotatable bonds is 4. The standard InChI is InChI=1S/C19H24N4O2/c1-18(2)11-19(13-25-3)12-22(10-16(18)19)17(24)15-9-23(21-20-15)14-7-5-4-6-8-14/h4-9,16H,10-13H2,1-3H3/t16-,19-/m1/s1. The highest BCUT2D eigenvalue weighted by Crippen LogP contribution is 2.62. The summed E-state index contributed by atoms with van der Waals surface area (Å²) in [6.07, 6.45) is 2.81. The maximum Gasteiger partial charge on any atom is 0.276 e. The van der Waals surface area contributed by atoms with Crippen LogP contribution in [0.1, 0.15) is 30.8 Å². The summed E-state index contributed by atoms with van der Waals surface area (Å²) in [6.45, 7) is 6.79. The average Bonchev–Trinajstić information content (AvgIpc) is 3.19. The molecule has 1 aromatic heterocycles. The minimum Gasteiger partial charge on any atom is -0.384 e. The lowest BCUT2D eigenvalue weighted by molar-refractivity contribution is -0.107. The summed E-state index contributed by atoms with van der Waals surface area (Å²) in [7, 11) is 1.74. The first-order valence-electron chi connectivity index (χ1n) is 8.71. The zero-order valence-corrected chi connectivity index (χ0v) is 15.0. The van der Waals surface area contributed by atoms with Crippen LogP contribution in [-0.4, -0.2) is 52.6 Å². The van der Waals surface area contributed by atoms with Crippen molar-refractivity contribution in [3.8, 4) is 5.69 Å². The summed E-state index contributed by atoms with van der Waals surface area (Å²) in [5, 5.41) is 8.21. The summed E-state index contributed by atoms with van der Waals surface area (Å²) in [5.41, 5.74) is 1.65. The van der Waals surface area contributed by atoms with Crippen LogP contribution in [0.4, 0.5) is 0 Å². The minimum absolute atomic E-state index is 0.0390. The van der Waals surface area contributed by atoms with Crippen LogP contribution < -0.4 is 0 Å². The van der Waals surface area contributed by atoms with Gasteiger partial charge < -0.3 is 9.64 Å². The second-order valence-electron chi connectivity index (χ2n) is 8.08. The largest absolute Gasteiger partial charge is 0.384 e. The maximum atomic E-state index is 12.9. The molecule has 1 aliphatic heterocycles. The Bertz CT molecular complexity index is 786. The lowest BCUT2D eigenvalue weighted by Crippen LogP contribution is -2.55. The van der Waals surface area contributed by atoms with E-state index in [4.69, 9.17) is 4.74 Å². The monoisotopic (exact) mass is 340 g/mol. The van der Waals surface area contributed by atoms with Crippen molar-refractivity contribution in [2.24, 2.45) is 16.7 Å². The maximum absolute atomic E-state index is 12.9. The number of carbonyl (C=O) groups excluding carboxylic acids is 1. The van der Waals surface area contributed by atoms with Crippen LogP contribution in [0, 0.1) is 16.7 Å². The summed E-state index contributed by atoms with van der Waals surface area (Å²) in [4.78, 5) is 14.9. The molecule has 4 rings (SSSR count). The molecule has 2 aromatic rings. The summed E-state index contributed by atoms with van der Waals surface area (Å²) in [5.74, 6) is 0.441. The highest BCUT2D eigenvalue weighted by molar-refractivity contribution is 5.92. The van der Waals surface area contributed by atoms with Gasteiger partial charge in [-0.15, -0.1) is 5.10 Å². The molecule has 132 valence electrons. The summed E-state index contributed by atoms with van der Waals surface area (Å²) >= 11 is 0. The van der Waals surface area contributed by atoms with Gasteiger partial charge in [-0.2, -0.15) is 0 Å². The van der Waals surface area contributed by atoms with Crippen molar-refractivity contribution in [2.45, 2.75) is 20.3 Å². The van der Waals surface area contributed by atoms with Crippen LogP contribution >= 0.6 is 0 Å². The first kappa shape index (κ1) is 16.3. The van der Waals surface area contributed by atoms with Gasteiger partial charge in [0.15, 0.2) is 5.69 Å². The van der Waals surface area contributed by atoms with E-state index in [1.807, 2.05) is 35.2 Å². The number of ether oxygens (including phenoxy) is 1. The number of nitrogens with zero attached hydrogens (tertiary/aromatic N) is 4. The van der Waals surface area contributed by atoms with Crippen LogP contribution in [-0.2, 0) is 4.74 Å². The number of likely N-dealkylation sites (tertiary alicyclic amines) is 1. The predicted molar refractivity (Wildman–Crippen MR) is 93.5 cm³/mol. The van der Waals surface area contributed by atoms with Crippen molar-refractivity contribution in [1.82, 2.24) is 19.9 Å². The Balaban J connectivity index is 1.54. The molecule has 1 saturated carbocycles. The van der Waals surface area contributed by atoms with Crippen molar-refractivity contribution in [3.05, 3.63) is 42.2 Å². The lowest BCUT2D eigenvalue weighted by atomic mass is 9.48. The van der Waals surface area contributed by atoms with Crippen LogP contribution in [0.15, 0.2) is 36.5 Å². The first-order valence-corrected chi connectivity index (χ1v) is 8.71. The molecule has 0 unspecified atom stereocenters. The first-order chi connectivity index (χ1) is 12.0. The van der Waals surface area contributed by atoms with Crippen molar-refractivity contribution in [1.29, 1.82) is 0 Å². The molecule has 1 aromatic carbocycles. The molecule has 25 heavy (non-hydrogen) atoms. The molecule has 6 nitrogen and oxygen atoms in total. The number of hydrogen-bond donors (Lipinski definition) is 0. The SMILES string of the molecule is COC[C@@]12CN(C(=O)c3cn(-c4ccccc4)nn3)C[C@@H]1C(C)(C)C2. The average molecular weight is 340 g/mol. The fourth-order valence-corrected chi connectivity index (χ4v) is 4.99. The molecule has 2 heterocycles. The zero-order valence-electron chi connectivity index (χ0n) is 15.0. The van der Waals surface area contributed by atoms with E-state index in [1.54, 1.807) is 18.0 Å². The van der Waals surface area contributed by atoms with E-state index in [2.05, 4.69) is 24.2 Å². The smallest absolute Gasteiger partial charge is 0.276 e. The third kappa shape index (κ3) is 2.56. The number of amides is 1. The molecular formula is C19H24N4O2. The van der Waals surface area contributed by atoms with E-state index in [1.165, 1.54) is 0 Å². The zero-order chi connectivity index (χ0) is 17.7. The van der Waals surface area contributed by atoms with Gasteiger partial charge in [-0.1, -0.05) is 37.3 Å². The van der Waals surface area contributed by atoms with Gasteiger partial charge in [0.05, 0.1) is 18.5 Å². The Labute approximate surface area is 147 Å². The fraction of sp³-hybridized carbons (Fsp3) is 0.526. The van der Waals surface area contributed by atoms with E-state index in [9.17, 15) is 4.79 Å². The highest BCUT2D eigenvalue weighted by atomic mass is 16.5. The van der Waals surface area contributed by atoms with Gasteiger partial charge in [0.2, 0.25) is 0 Å². The molecule has 1 amide bonds. The molecule has 2 fully saturated rings. The van der Waals surface area contributed by atoms with E-state index in [0.717, 1.165) is 25.2 Å². The number of hydrogen-bond acceptors (Lipinski definition) is 4. The number of methoxy groups -OCH3 is 1. The molecule has 1 saturated heterocycles. The molecule has 0 spiro atoms. The van der Waals surface area contributed by atoms with Gasteiger partial charge in [0, 0.05) is 25.6 Å². The lowest BCUT2D eigenvalue weighted by Gasteiger charge is -2.56. The molecule has 2 atom stereocenters. The predicted octanol–water partition coefficient (Wildman–Crippen LogP) is 2.40. The number of carbonyl (C=O) groups is 1. The Hall–Kier alpha value is -2.21. The number of fused-ring (bicyclic) bond motifs is 1. The second-order valence-corrected chi connectivity index (χ2v) is 8.08. The molecule has 6 heteroatoms. The quantitative estimate of drug-likeness (QED) is 0.857. The van der Waals surface area contributed by atoms with Crippen molar-refractivity contribution < 1.29 is 9.53 Å². The van der Waals surface area contributed by atoms with E-state index in [-0.39, 0.29) is 16.7 Å². The normalized spacial score (nSPS) is 27.0. The number of para-hydroxylation sites is 1. The van der Waals surface area contributed by atoms with Crippen LogP contribution in [0.3, 0.4) is 0 Å². The molecule has 2 aliphatic rings. The molecule has 0 radical (unpaired) electrons. The van der Waals surface area contributed by atoms with Gasteiger partial charge in [0.25, 0.3) is 5.91 Å². The Morgan fingerprint density at radius 3 is 2.76 bits per heavy atom. The number of benzene rings is 1. The minimum atomic E-state index is -0.0390. The van der Waals surface area contributed by atoms with Crippen LogP contribution in [0.25, 0.3) is 5.69 Å². The third-order valence-corrected chi connectivity index (χ3v) is 5.85. The fourth-order valence-electron chi connectivity index (χ4n) is 4.99. The van der Waals surface area contributed by atoms with Crippen LogP contribution in [0.2, 0.25) is 0 Å². The molecule has 1 aliphatic carbocycles. The van der Waals surface area contributed by atoms with Crippen molar-refractivity contribution >= 4 is 5.91 Å². The Kier molecular flexibility index (Phi) is 3.68. The topological polar surface area (TPSA) is 60.2 Å². The number of aromatic nitrogens is 3. The van der Waals surface area contributed by atoms with Crippen molar-refractivity contribution in [2.75, 3.05) is 26.8 Å². The molecule has 0 bridgehead atoms. The van der Waals surface area contributed by atoms with Gasteiger partial charge in [-0.3, -0.25) is 4.79 Å². The van der Waals surface area contributed by atoms with E-state index >= 15 is 0 Å². The van der Waals surface area contributed by atoms with Gasteiger partial charge in [0.1, 0.15) is 0 Å². The van der Waals surface area contributed by atoms with Gasteiger partial charge >= 0.3 is 0 Å². The van der Waals surface area contributed by atoms with Gasteiger partial charge in [-0.05, 0) is 29.9 Å². The third-order valence-electron chi connectivity index (χ3n) is 5.85. The van der Waals surface area contributed by atoms with Crippen molar-refractivity contribution in [3.63, 3.8) is 0 Å². The van der Waals surface area contributed by atoms with Gasteiger partial charge in [-0.25, -0.2) is 4.68 Å². The Morgan fingerprint density at radius 1 is 1.32 bits per heavy atom. The Morgan fingerprint density at radius 2 is 2.08 bits per heavy atom. The second kappa shape index (κ2) is 5.66. The summed E-state index contributed by atoms with van der Waals surface area (Å²) < 4.78 is 7.12. The summed E-state index contributed by atoms with van der Waals surface area (Å²) in [6, 6.07) is 9.70. The highest BCUT2D eigenvalue weighted by Gasteiger charge is 2.63.